The smallest absolute Gasteiger partial charge is 0.572 e. The molecule has 0 fully saturated rings. The van der Waals surface area contributed by atoms with Gasteiger partial charge in [-0.1, -0.05) is 0 Å². The van der Waals surface area contributed by atoms with Crippen LogP contribution in [0.3, 0.4) is 0 Å². The van der Waals surface area contributed by atoms with Gasteiger partial charge in [-0.05, 0) is 0 Å². The fraction of sp³-hybridized carbons (Fsp3) is 0.333. The number of primary amides is 1. The number of rotatable bonds is 2. The summed E-state index contributed by atoms with van der Waals surface area (Å²) in [5.74, 6) is -1.49. The zero-order valence-electron chi connectivity index (χ0n) is 9.15. The second-order valence-electron chi connectivity index (χ2n) is 2.80. The molecule has 19 heavy (non-hydrogen) atoms. The average Bonchev–Trinajstić information content (AvgIpc) is 2.42. The van der Waals surface area contributed by atoms with Gasteiger partial charge < -0.3 is 28.3 Å². The first-order chi connectivity index (χ1) is 8.22. The van der Waals surface area contributed by atoms with Crippen LogP contribution in [0.15, 0.2) is 4.99 Å². The molecule has 0 saturated carbocycles. The molecule has 0 saturated heterocycles. The summed E-state index contributed by atoms with van der Waals surface area (Å²) in [6, 6.07) is -1.26. The summed E-state index contributed by atoms with van der Waals surface area (Å²) >= 11 is -3.30. The van der Waals surface area contributed by atoms with E-state index in [0.717, 1.165) is 6.92 Å². The summed E-state index contributed by atoms with van der Waals surface area (Å²) in [6.45, 7) is 1.08. The molecule has 11 nitrogen and oxygen atoms in total. The van der Waals surface area contributed by atoms with Crippen molar-refractivity contribution in [3.63, 3.8) is 0 Å². The monoisotopic (exact) mass is 308 g/mol. The average molecular weight is 308 g/mol. The molecule has 0 bridgehead atoms. The van der Waals surface area contributed by atoms with E-state index in [2.05, 4.69) is 14.1 Å². The molecule has 1 unspecified atom stereocenters. The number of urea groups is 1. The first-order valence-electron chi connectivity index (χ1n) is 4.39. The van der Waals surface area contributed by atoms with Crippen molar-refractivity contribution in [1.29, 1.82) is 0 Å². The predicted molar refractivity (Wildman–Crippen MR) is 66.6 cm³/mol. The van der Waals surface area contributed by atoms with E-state index in [0.29, 0.717) is 0 Å². The van der Waals surface area contributed by atoms with Gasteiger partial charge in [-0.2, -0.15) is 0 Å². The molecule has 0 aliphatic carbocycles. The topological polar surface area (TPSA) is 184 Å². The van der Waals surface area contributed by atoms with Crippen LogP contribution in [-0.2, 0) is 13.4 Å². The number of carbonyl (C=O) groups excluding carboxylic acids is 2. The van der Waals surface area contributed by atoms with E-state index in [1.807, 2.05) is 5.32 Å². The van der Waals surface area contributed by atoms with Gasteiger partial charge in [-0.25, -0.2) is 9.79 Å². The third-order valence-corrected chi connectivity index (χ3v) is 1.65. The van der Waals surface area contributed by atoms with Crippen molar-refractivity contribution in [1.82, 2.24) is 10.6 Å². The summed E-state index contributed by atoms with van der Waals surface area (Å²) in [6.07, 6.45) is -1.18. The minimum absolute atomic E-state index is 0. The van der Waals surface area contributed by atoms with Crippen molar-refractivity contribution >= 4 is 56.4 Å². The Hall–Kier alpha value is -1.34. The van der Waals surface area contributed by atoms with E-state index >= 15 is 0 Å². The summed E-state index contributed by atoms with van der Waals surface area (Å²) in [5, 5.41) is 11.5. The molecule has 1 aliphatic heterocycles. The van der Waals surface area contributed by atoms with Gasteiger partial charge >= 0.3 is 21.2 Å². The molecule has 0 spiro atoms. The van der Waals surface area contributed by atoms with Crippen LogP contribution in [-0.4, -0.2) is 76.0 Å². The third kappa shape index (κ3) is 10.3. The van der Waals surface area contributed by atoms with Gasteiger partial charge in [-0.3, -0.25) is 14.9 Å². The molecule has 106 valence electrons. The molecule has 3 amide bonds. The Labute approximate surface area is 123 Å². The Balaban J connectivity index is 0. The number of carboxylic acid groups (broad SMARTS) is 1. The van der Waals surface area contributed by atoms with E-state index in [1.54, 1.807) is 0 Å². The summed E-state index contributed by atoms with van der Waals surface area (Å²) in [7, 11) is 0. The number of aliphatic carboxylic acids is 1. The lowest BCUT2D eigenvalue weighted by atomic mass is 10.5. The Bertz CT molecular complexity index is 371. The van der Waals surface area contributed by atoms with Crippen molar-refractivity contribution in [2.24, 2.45) is 10.7 Å². The van der Waals surface area contributed by atoms with E-state index < -0.39 is 39.2 Å². The van der Waals surface area contributed by atoms with Gasteiger partial charge in [0.25, 0.3) is 17.9 Å². The molecule has 7 N–H and O–H groups in total. The maximum atomic E-state index is 11.0. The van der Waals surface area contributed by atoms with E-state index in [-0.39, 0.29) is 23.4 Å². The van der Waals surface area contributed by atoms with Gasteiger partial charge in [0.05, 0.1) is 0 Å². The standard InChI is InChI=1S/C4H6N4O3.C2H4O2.2Al.2H2O.3H/c5-3(10)6-1-2(9)8-4(11)7-1;1-2(3)4;;;;;;;/h1H,(H3,5,6,10)(H2,7,8,9,11);1H3,(H,3,4);;;2*1H2;;;/q;;;+3;;;;;/p-3. The Morgan fingerprint density at radius 3 is 2.37 bits per heavy atom. The summed E-state index contributed by atoms with van der Waals surface area (Å²) in [4.78, 5) is 33.8. The van der Waals surface area contributed by atoms with Crippen molar-refractivity contribution in [3.05, 3.63) is 0 Å². The zero-order valence-corrected chi connectivity index (χ0v) is 10.3. The van der Waals surface area contributed by atoms with E-state index in [9.17, 15) is 9.59 Å². The normalized spacial score (nSPS) is 15.8. The fourth-order valence-electron chi connectivity index (χ4n) is 0.774. The molecular weight excluding hydrogens is 294 g/mol. The van der Waals surface area contributed by atoms with Gasteiger partial charge in [0.2, 0.25) is 6.17 Å². The molecule has 0 aromatic rings. The predicted octanol–water partition coefficient (Wildman–Crippen LogP) is -4.64. The molecule has 13 heteroatoms. The van der Waals surface area contributed by atoms with Crippen molar-refractivity contribution in [2.75, 3.05) is 0 Å². The van der Waals surface area contributed by atoms with Crippen LogP contribution >= 0.6 is 0 Å². The second-order valence-corrected chi connectivity index (χ2v) is 3.69. The highest BCUT2D eigenvalue weighted by molar-refractivity contribution is 6.36. The van der Waals surface area contributed by atoms with Crippen LogP contribution in [0.1, 0.15) is 6.92 Å². The Morgan fingerprint density at radius 2 is 2.00 bits per heavy atom. The first-order valence-corrected chi connectivity index (χ1v) is 5.89. The number of carboxylic acids is 1. The maximum Gasteiger partial charge on any atom is 0.998 e. The van der Waals surface area contributed by atoms with Gasteiger partial charge in [-0.15, -0.1) is 0 Å². The fourth-order valence-corrected chi connectivity index (χ4v) is 1.09. The van der Waals surface area contributed by atoms with Gasteiger partial charge in [0.1, 0.15) is 0 Å². The lowest BCUT2D eigenvalue weighted by molar-refractivity contribution is -0.134. The largest absolute Gasteiger partial charge is 0.998 e. The van der Waals surface area contributed by atoms with Crippen molar-refractivity contribution in [3.8, 4) is 0 Å². The number of amidine groups is 1. The van der Waals surface area contributed by atoms with Gasteiger partial charge in [0.15, 0.2) is 17.4 Å². The lowest BCUT2D eigenvalue weighted by Gasteiger charge is -2.02. The van der Waals surface area contributed by atoms with Crippen LogP contribution in [0, 0.1) is 0 Å². The number of nitrogens with one attached hydrogen (secondary N) is 2. The van der Waals surface area contributed by atoms with E-state index in [4.69, 9.17) is 24.0 Å². The van der Waals surface area contributed by atoms with Crippen LogP contribution in [0.5, 0.6) is 0 Å². The van der Waals surface area contributed by atoms with Crippen molar-refractivity contribution < 1.29 is 31.6 Å². The quantitative estimate of drug-likeness (QED) is 0.277. The zero-order chi connectivity index (χ0) is 14.3. The van der Waals surface area contributed by atoms with E-state index in [1.165, 1.54) is 0 Å². The number of aliphatic imine (C=N–C) groups is 1. The lowest BCUT2D eigenvalue weighted by Crippen LogP contribution is -2.43. The maximum absolute atomic E-state index is 11.0. The highest BCUT2D eigenvalue weighted by Gasteiger charge is 2.33. The number of nitrogens with zero attached hydrogens (tertiary/aromatic N) is 1. The highest BCUT2D eigenvalue weighted by Crippen LogP contribution is 1.97. The van der Waals surface area contributed by atoms with Crippen LogP contribution in [0.4, 0.5) is 4.79 Å². The van der Waals surface area contributed by atoms with Crippen LogP contribution in [0.25, 0.3) is 0 Å². The number of hydrogen-bond donors (Lipinski definition) is 6. The Kier molecular flexibility index (Phi) is 10.1. The molecular formula is C6H14Al2N4O7. The molecule has 0 aromatic heterocycles. The molecule has 0 aromatic carbocycles. The number of amides is 3. The Morgan fingerprint density at radius 1 is 1.53 bits per heavy atom. The number of carbonyl (C=O) groups is 3. The molecule has 1 heterocycles. The van der Waals surface area contributed by atoms with Crippen molar-refractivity contribution in [2.45, 2.75) is 13.1 Å². The van der Waals surface area contributed by atoms with Crippen LogP contribution < -0.4 is 16.4 Å². The summed E-state index contributed by atoms with van der Waals surface area (Å²) < 4.78 is 21.4. The third-order valence-electron chi connectivity index (χ3n) is 1.22. The second kappa shape index (κ2) is 9.58. The SMILES string of the molecule is CC(=O)O.NC(=O)NC1N=C([O][Al]([OH])[OH])NC1=O.[AlH3]. The summed E-state index contributed by atoms with van der Waals surface area (Å²) in [5.41, 5.74) is 4.75. The molecule has 1 rings (SSSR count). The highest BCUT2D eigenvalue weighted by atomic mass is 27.2. The molecule has 1 atom stereocenters. The first kappa shape index (κ1) is 20.0. The minimum atomic E-state index is -3.30. The molecule has 0 radical (unpaired) electrons. The minimum Gasteiger partial charge on any atom is -0.572 e. The molecule has 1 aliphatic rings. The van der Waals surface area contributed by atoms with Crippen LogP contribution in [0.2, 0.25) is 0 Å². The number of nitrogens with two attached hydrogens (primary N) is 1. The number of hydrogen-bond acceptors (Lipinski definition) is 7. The van der Waals surface area contributed by atoms with Gasteiger partial charge in [0, 0.05) is 6.92 Å².